The molecule has 0 bridgehead atoms. The van der Waals surface area contributed by atoms with E-state index >= 15 is 0 Å². The minimum Gasteiger partial charge on any atom is -0.433 e. The summed E-state index contributed by atoms with van der Waals surface area (Å²) in [4.78, 5) is 0. The molecule has 0 saturated carbocycles. The first-order chi connectivity index (χ1) is 5.00. The second kappa shape index (κ2) is 5.06. The van der Waals surface area contributed by atoms with E-state index in [1.807, 2.05) is 23.0 Å². The van der Waals surface area contributed by atoms with Gasteiger partial charge in [-0.25, -0.2) is 0 Å². The van der Waals surface area contributed by atoms with Crippen molar-refractivity contribution >= 4 is 30.9 Å². The SMILES string of the molecule is [B]/C(=C(/OI)C(C)C)C(C)C. The van der Waals surface area contributed by atoms with Crippen LogP contribution in [0.5, 0.6) is 0 Å². The fraction of sp³-hybridized carbons (Fsp3) is 0.750. The molecule has 0 aliphatic heterocycles. The van der Waals surface area contributed by atoms with Crippen molar-refractivity contribution in [1.82, 2.24) is 0 Å². The van der Waals surface area contributed by atoms with Crippen molar-refractivity contribution < 1.29 is 3.07 Å². The Labute approximate surface area is 84.7 Å². The molecule has 0 aliphatic rings. The normalized spacial score (nSPS) is 13.7. The summed E-state index contributed by atoms with van der Waals surface area (Å²) in [5, 5.41) is 0. The summed E-state index contributed by atoms with van der Waals surface area (Å²) in [6.07, 6.45) is 0. The van der Waals surface area contributed by atoms with Crippen molar-refractivity contribution in [3.05, 3.63) is 11.2 Å². The zero-order chi connectivity index (χ0) is 9.02. The fourth-order valence-electron chi connectivity index (χ4n) is 0.751. The van der Waals surface area contributed by atoms with Gasteiger partial charge in [-0.2, -0.15) is 0 Å². The van der Waals surface area contributed by atoms with E-state index in [0.29, 0.717) is 11.8 Å². The van der Waals surface area contributed by atoms with Gasteiger partial charge in [0.15, 0.2) is 23.0 Å². The van der Waals surface area contributed by atoms with Crippen LogP contribution in [0.2, 0.25) is 0 Å². The van der Waals surface area contributed by atoms with Crippen LogP contribution in [0.3, 0.4) is 0 Å². The number of rotatable bonds is 3. The summed E-state index contributed by atoms with van der Waals surface area (Å²) in [6, 6.07) is 0. The molecule has 0 fully saturated rings. The van der Waals surface area contributed by atoms with E-state index in [1.54, 1.807) is 0 Å². The van der Waals surface area contributed by atoms with Crippen molar-refractivity contribution in [3.63, 3.8) is 0 Å². The molecule has 0 aliphatic carbocycles. The first kappa shape index (κ1) is 11.3. The summed E-state index contributed by atoms with van der Waals surface area (Å²) in [6.45, 7) is 8.27. The average molecular weight is 264 g/mol. The molecule has 0 rings (SSSR count). The highest BCUT2D eigenvalue weighted by Crippen LogP contribution is 2.21. The van der Waals surface area contributed by atoms with Crippen LogP contribution in [0.15, 0.2) is 11.2 Å². The molecule has 0 spiro atoms. The third-order valence-electron chi connectivity index (χ3n) is 1.51. The number of allylic oxidation sites excluding steroid dienone is 2. The van der Waals surface area contributed by atoms with Crippen LogP contribution < -0.4 is 0 Å². The van der Waals surface area contributed by atoms with E-state index < -0.39 is 0 Å². The second-order valence-electron chi connectivity index (χ2n) is 3.21. The zero-order valence-corrected chi connectivity index (χ0v) is 9.68. The van der Waals surface area contributed by atoms with E-state index in [2.05, 4.69) is 27.7 Å². The van der Waals surface area contributed by atoms with Gasteiger partial charge in [0, 0.05) is 5.92 Å². The van der Waals surface area contributed by atoms with Crippen LogP contribution in [0, 0.1) is 11.8 Å². The van der Waals surface area contributed by atoms with Crippen LogP contribution in [0.4, 0.5) is 0 Å². The molecular weight excluding hydrogens is 250 g/mol. The van der Waals surface area contributed by atoms with Crippen molar-refractivity contribution in [2.24, 2.45) is 11.8 Å². The quantitative estimate of drug-likeness (QED) is 0.432. The highest BCUT2D eigenvalue weighted by molar-refractivity contribution is 14.1. The van der Waals surface area contributed by atoms with Gasteiger partial charge in [-0.3, -0.25) is 0 Å². The van der Waals surface area contributed by atoms with Crippen molar-refractivity contribution in [3.8, 4) is 0 Å². The molecule has 0 unspecified atom stereocenters. The van der Waals surface area contributed by atoms with E-state index in [0.717, 1.165) is 11.2 Å². The summed E-state index contributed by atoms with van der Waals surface area (Å²) in [5.41, 5.74) is 0.856. The lowest BCUT2D eigenvalue weighted by Crippen LogP contribution is -2.04. The molecule has 0 aromatic heterocycles. The van der Waals surface area contributed by atoms with Gasteiger partial charge in [-0.15, -0.1) is 0 Å². The minimum atomic E-state index is 0.363. The monoisotopic (exact) mass is 264 g/mol. The maximum Gasteiger partial charge on any atom is 0.192 e. The van der Waals surface area contributed by atoms with Gasteiger partial charge in [0.05, 0.1) is 0 Å². The standard InChI is InChI=1S/C8H14BIO/c1-5(2)7(9)8(11-10)6(3)4/h5-6H,1-4H3/b8-7+. The van der Waals surface area contributed by atoms with Gasteiger partial charge in [-0.1, -0.05) is 33.2 Å². The Morgan fingerprint density at radius 1 is 1.18 bits per heavy atom. The van der Waals surface area contributed by atoms with E-state index in [-0.39, 0.29) is 0 Å². The fourth-order valence-corrected chi connectivity index (χ4v) is 1.51. The summed E-state index contributed by atoms with van der Waals surface area (Å²) >= 11 is 1.88. The molecule has 0 aromatic rings. The lowest BCUT2D eigenvalue weighted by molar-refractivity contribution is 0.455. The molecule has 3 heteroatoms. The van der Waals surface area contributed by atoms with Crippen LogP contribution in [-0.2, 0) is 3.07 Å². The van der Waals surface area contributed by atoms with Gasteiger partial charge >= 0.3 is 0 Å². The molecule has 11 heavy (non-hydrogen) atoms. The molecule has 0 amide bonds. The Bertz CT molecular complexity index is 152. The Morgan fingerprint density at radius 2 is 1.64 bits per heavy atom. The molecule has 0 heterocycles. The lowest BCUT2D eigenvalue weighted by Gasteiger charge is -2.15. The van der Waals surface area contributed by atoms with Crippen molar-refractivity contribution in [2.75, 3.05) is 0 Å². The highest BCUT2D eigenvalue weighted by Gasteiger charge is 2.09. The van der Waals surface area contributed by atoms with Crippen LogP contribution >= 0.6 is 23.0 Å². The van der Waals surface area contributed by atoms with E-state index in [1.165, 1.54) is 0 Å². The van der Waals surface area contributed by atoms with Crippen molar-refractivity contribution in [1.29, 1.82) is 0 Å². The van der Waals surface area contributed by atoms with E-state index in [4.69, 9.17) is 10.9 Å². The Balaban J connectivity index is 4.54. The molecule has 1 nitrogen and oxygen atoms in total. The van der Waals surface area contributed by atoms with Gasteiger partial charge in [0.1, 0.15) is 13.6 Å². The van der Waals surface area contributed by atoms with Gasteiger partial charge in [0.2, 0.25) is 0 Å². The summed E-state index contributed by atoms with van der Waals surface area (Å²) in [5.74, 6) is 1.64. The molecule has 0 atom stereocenters. The highest BCUT2D eigenvalue weighted by atomic mass is 127. The topological polar surface area (TPSA) is 9.23 Å². The first-order valence-electron chi connectivity index (χ1n) is 3.78. The van der Waals surface area contributed by atoms with Gasteiger partial charge < -0.3 is 3.07 Å². The average Bonchev–Trinajstić information content (AvgIpc) is 1.88. The van der Waals surface area contributed by atoms with Crippen LogP contribution in [0.1, 0.15) is 27.7 Å². The second-order valence-corrected chi connectivity index (χ2v) is 3.65. The number of hydrogen-bond donors (Lipinski definition) is 0. The van der Waals surface area contributed by atoms with Crippen LogP contribution in [0.25, 0.3) is 0 Å². The molecular formula is C8H14BIO. The van der Waals surface area contributed by atoms with Gasteiger partial charge in [0.25, 0.3) is 0 Å². The maximum absolute atomic E-state index is 5.82. The maximum atomic E-state index is 5.82. The predicted octanol–water partition coefficient (Wildman–Crippen LogP) is 3.05. The molecule has 0 N–H and O–H groups in total. The molecule has 0 aromatic carbocycles. The zero-order valence-electron chi connectivity index (χ0n) is 7.52. The largest absolute Gasteiger partial charge is 0.433 e. The number of hydrogen-bond acceptors (Lipinski definition) is 1. The van der Waals surface area contributed by atoms with Gasteiger partial charge in [-0.05, 0) is 5.92 Å². The third-order valence-corrected chi connectivity index (χ3v) is 1.99. The minimum absolute atomic E-state index is 0.363. The Morgan fingerprint density at radius 3 is 1.73 bits per heavy atom. The predicted molar refractivity (Wildman–Crippen MR) is 57.6 cm³/mol. The van der Waals surface area contributed by atoms with Crippen molar-refractivity contribution in [2.45, 2.75) is 27.7 Å². The lowest BCUT2D eigenvalue weighted by atomic mass is 9.82. The Kier molecular flexibility index (Phi) is 5.22. The number of halogens is 1. The molecule has 2 radical (unpaired) electrons. The van der Waals surface area contributed by atoms with E-state index in [9.17, 15) is 0 Å². The summed E-state index contributed by atoms with van der Waals surface area (Å²) < 4.78 is 5.16. The Hall–Kier alpha value is 0.335. The first-order valence-corrected chi connectivity index (χ1v) is 4.66. The van der Waals surface area contributed by atoms with Crippen LogP contribution in [-0.4, -0.2) is 7.85 Å². The summed E-state index contributed by atoms with van der Waals surface area (Å²) in [7, 11) is 5.82. The smallest absolute Gasteiger partial charge is 0.192 e. The molecule has 62 valence electrons. The molecule has 0 saturated heterocycles. The third kappa shape index (κ3) is 3.49.